The van der Waals surface area contributed by atoms with Gasteiger partial charge in [0.05, 0.1) is 11.6 Å². The zero-order chi connectivity index (χ0) is 14.8. The Morgan fingerprint density at radius 2 is 1.81 bits per heavy atom. The van der Waals surface area contributed by atoms with Gasteiger partial charge in [-0.25, -0.2) is 4.39 Å². The summed E-state index contributed by atoms with van der Waals surface area (Å²) >= 11 is 0. The van der Waals surface area contributed by atoms with Gasteiger partial charge in [-0.15, -0.1) is 0 Å². The number of hydrogen-bond acceptors (Lipinski definition) is 3. The number of rotatable bonds is 2. The van der Waals surface area contributed by atoms with E-state index in [0.717, 1.165) is 0 Å². The molecule has 0 atom stereocenters. The largest absolute Gasteiger partial charge is 0.464 e. The van der Waals surface area contributed by atoms with E-state index in [4.69, 9.17) is 4.42 Å². The first kappa shape index (κ1) is 13.1. The lowest BCUT2D eigenvalue weighted by atomic mass is 10.2. The maximum atomic E-state index is 12.8. The molecule has 0 aliphatic heterocycles. The van der Waals surface area contributed by atoms with Gasteiger partial charge in [0.25, 0.3) is 5.91 Å². The maximum absolute atomic E-state index is 12.8. The van der Waals surface area contributed by atoms with Crippen LogP contribution in [0.1, 0.15) is 10.4 Å². The molecule has 0 saturated carbocycles. The molecular weight excluding hydrogens is 273 g/mol. The van der Waals surface area contributed by atoms with Gasteiger partial charge < -0.3 is 9.73 Å². The van der Waals surface area contributed by atoms with E-state index in [-0.39, 0.29) is 11.3 Å². The summed E-state index contributed by atoms with van der Waals surface area (Å²) in [5.41, 5.74) is 1.06. The van der Waals surface area contributed by atoms with E-state index in [1.807, 2.05) is 0 Å². The summed E-state index contributed by atoms with van der Waals surface area (Å²) in [6, 6.07) is 11.3. The van der Waals surface area contributed by atoms with Crippen LogP contribution in [0.25, 0.3) is 11.0 Å². The predicted octanol–water partition coefficient (Wildman–Crippen LogP) is 3.18. The number of nitrogens with one attached hydrogen (secondary N) is 1. The summed E-state index contributed by atoms with van der Waals surface area (Å²) in [7, 11) is 0. The number of amides is 1. The monoisotopic (exact) mass is 283 g/mol. The molecular formula is C16H10FNO3. The molecule has 0 saturated heterocycles. The zero-order valence-corrected chi connectivity index (χ0v) is 10.8. The molecule has 3 rings (SSSR count). The lowest BCUT2D eigenvalue weighted by Crippen LogP contribution is -2.12. The second-order valence-corrected chi connectivity index (χ2v) is 4.46. The molecule has 5 heteroatoms. The molecule has 0 aliphatic rings. The predicted molar refractivity (Wildman–Crippen MR) is 76.8 cm³/mol. The molecule has 2 aromatic carbocycles. The van der Waals surface area contributed by atoms with Crippen LogP contribution in [0.15, 0.2) is 64.0 Å². The minimum absolute atomic E-state index is 0.186. The molecule has 4 nitrogen and oxygen atoms in total. The van der Waals surface area contributed by atoms with Crippen LogP contribution in [-0.4, -0.2) is 5.91 Å². The van der Waals surface area contributed by atoms with Crippen molar-refractivity contribution >= 4 is 22.6 Å². The Bertz CT molecular complexity index is 869. The Balaban J connectivity index is 1.91. The van der Waals surface area contributed by atoms with Gasteiger partial charge in [-0.05, 0) is 42.5 Å². The van der Waals surface area contributed by atoms with Crippen molar-refractivity contribution in [1.29, 1.82) is 0 Å². The van der Waals surface area contributed by atoms with E-state index < -0.39 is 5.82 Å². The second-order valence-electron chi connectivity index (χ2n) is 4.46. The molecule has 1 aromatic heterocycles. The number of halogens is 1. The van der Waals surface area contributed by atoms with Crippen molar-refractivity contribution < 1.29 is 13.6 Å². The summed E-state index contributed by atoms with van der Waals surface area (Å²) in [5, 5.41) is 3.04. The smallest absolute Gasteiger partial charge is 0.255 e. The fourth-order valence-corrected chi connectivity index (χ4v) is 1.97. The molecule has 1 heterocycles. The van der Waals surface area contributed by atoms with Crippen molar-refractivity contribution in [3.8, 4) is 0 Å². The fourth-order valence-electron chi connectivity index (χ4n) is 1.97. The molecule has 0 radical (unpaired) electrons. The molecule has 0 bridgehead atoms. The first-order valence-electron chi connectivity index (χ1n) is 6.22. The van der Waals surface area contributed by atoms with Gasteiger partial charge in [-0.2, -0.15) is 0 Å². The van der Waals surface area contributed by atoms with Gasteiger partial charge in [-0.3, -0.25) is 9.59 Å². The number of benzene rings is 2. The lowest BCUT2D eigenvalue weighted by Gasteiger charge is -2.06. The number of fused-ring (bicyclic) bond motifs is 1. The van der Waals surface area contributed by atoms with Crippen molar-refractivity contribution in [1.82, 2.24) is 0 Å². The molecule has 0 fully saturated rings. The van der Waals surface area contributed by atoms with Crippen LogP contribution in [0.5, 0.6) is 0 Å². The van der Waals surface area contributed by atoms with Crippen molar-refractivity contribution in [2.75, 3.05) is 5.32 Å². The third-order valence-corrected chi connectivity index (χ3v) is 3.02. The Hall–Kier alpha value is -2.95. The SMILES string of the molecule is O=C(Nc1ccc2occc(=O)c2c1)c1ccc(F)cc1. The first-order chi connectivity index (χ1) is 10.1. The van der Waals surface area contributed by atoms with E-state index >= 15 is 0 Å². The number of carbonyl (C=O) groups is 1. The van der Waals surface area contributed by atoms with Crippen molar-refractivity contribution in [3.05, 3.63) is 76.4 Å². The average Bonchev–Trinajstić information content (AvgIpc) is 2.49. The number of hydrogen-bond donors (Lipinski definition) is 1. The Kier molecular flexibility index (Phi) is 3.23. The molecule has 3 aromatic rings. The van der Waals surface area contributed by atoms with Gasteiger partial charge in [0.15, 0.2) is 5.43 Å². The standard InChI is InChI=1S/C16H10FNO3/c17-11-3-1-10(2-4-11)16(20)18-12-5-6-15-13(9-12)14(19)7-8-21-15/h1-9H,(H,18,20). The van der Waals surface area contributed by atoms with Gasteiger partial charge >= 0.3 is 0 Å². The van der Waals surface area contributed by atoms with Crippen LogP contribution in [0.3, 0.4) is 0 Å². The quantitative estimate of drug-likeness (QED) is 0.785. The van der Waals surface area contributed by atoms with Crippen LogP contribution in [0, 0.1) is 5.82 Å². The molecule has 0 unspecified atom stereocenters. The summed E-state index contributed by atoms with van der Waals surface area (Å²) in [6.45, 7) is 0. The van der Waals surface area contributed by atoms with Crippen LogP contribution < -0.4 is 10.7 Å². The maximum Gasteiger partial charge on any atom is 0.255 e. The zero-order valence-electron chi connectivity index (χ0n) is 10.8. The molecule has 104 valence electrons. The van der Waals surface area contributed by atoms with Gasteiger partial charge in [0.1, 0.15) is 11.4 Å². The van der Waals surface area contributed by atoms with E-state index in [2.05, 4.69) is 5.32 Å². The third kappa shape index (κ3) is 2.67. The second kappa shape index (κ2) is 5.20. The topological polar surface area (TPSA) is 59.3 Å². The molecule has 0 spiro atoms. The van der Waals surface area contributed by atoms with Crippen molar-refractivity contribution in [3.63, 3.8) is 0 Å². The first-order valence-corrected chi connectivity index (χ1v) is 6.22. The highest BCUT2D eigenvalue weighted by Crippen LogP contribution is 2.17. The lowest BCUT2D eigenvalue weighted by molar-refractivity contribution is 0.102. The molecule has 1 amide bonds. The highest BCUT2D eigenvalue weighted by atomic mass is 19.1. The third-order valence-electron chi connectivity index (χ3n) is 3.02. The Morgan fingerprint density at radius 3 is 2.57 bits per heavy atom. The fraction of sp³-hybridized carbons (Fsp3) is 0. The van der Waals surface area contributed by atoms with Crippen molar-refractivity contribution in [2.45, 2.75) is 0 Å². The van der Waals surface area contributed by atoms with Crippen LogP contribution in [0.4, 0.5) is 10.1 Å². The summed E-state index contributed by atoms with van der Waals surface area (Å²) in [6.07, 6.45) is 1.32. The van der Waals surface area contributed by atoms with Crippen LogP contribution >= 0.6 is 0 Å². The molecule has 0 aliphatic carbocycles. The summed E-state index contributed by atoms with van der Waals surface area (Å²) in [4.78, 5) is 23.7. The Labute approximate surface area is 118 Å². The van der Waals surface area contributed by atoms with Crippen molar-refractivity contribution in [2.24, 2.45) is 0 Å². The summed E-state index contributed by atoms with van der Waals surface area (Å²) in [5.74, 6) is -0.787. The van der Waals surface area contributed by atoms with E-state index in [1.54, 1.807) is 18.2 Å². The van der Waals surface area contributed by atoms with Gasteiger partial charge in [0, 0.05) is 17.3 Å². The molecule has 1 N–H and O–H groups in total. The van der Waals surface area contributed by atoms with E-state index in [0.29, 0.717) is 22.2 Å². The van der Waals surface area contributed by atoms with Crippen LogP contribution in [0.2, 0.25) is 0 Å². The van der Waals surface area contributed by atoms with Gasteiger partial charge in [0.2, 0.25) is 0 Å². The normalized spacial score (nSPS) is 10.5. The highest BCUT2D eigenvalue weighted by molar-refractivity contribution is 6.04. The Morgan fingerprint density at radius 1 is 1.05 bits per heavy atom. The van der Waals surface area contributed by atoms with E-state index in [1.165, 1.54) is 36.6 Å². The molecule has 21 heavy (non-hydrogen) atoms. The summed E-state index contributed by atoms with van der Waals surface area (Å²) < 4.78 is 18.0. The van der Waals surface area contributed by atoms with Gasteiger partial charge in [-0.1, -0.05) is 0 Å². The number of anilines is 1. The minimum atomic E-state index is -0.408. The average molecular weight is 283 g/mol. The van der Waals surface area contributed by atoms with Crippen LogP contribution in [-0.2, 0) is 0 Å². The number of carbonyl (C=O) groups excluding carboxylic acids is 1. The highest BCUT2D eigenvalue weighted by Gasteiger charge is 2.08. The van der Waals surface area contributed by atoms with E-state index in [9.17, 15) is 14.0 Å². The minimum Gasteiger partial charge on any atom is -0.464 e.